The van der Waals surface area contributed by atoms with Crippen LogP contribution in [0.4, 0.5) is 0 Å². The van der Waals surface area contributed by atoms with Crippen LogP contribution in [0.25, 0.3) is 0 Å². The second kappa shape index (κ2) is 7.05. The normalized spacial score (nSPS) is 16.3. The van der Waals surface area contributed by atoms with Gasteiger partial charge in [-0.1, -0.05) is 23.8 Å². The molecule has 0 aliphatic carbocycles. The lowest BCUT2D eigenvalue weighted by molar-refractivity contribution is 0.0322. The fraction of sp³-hybridized carbons (Fsp3) is 0.462. The zero-order valence-electron chi connectivity index (χ0n) is 10.6. The zero-order chi connectivity index (χ0) is 13.7. The molecule has 104 valence electrons. The Labute approximate surface area is 123 Å². The van der Waals surface area contributed by atoms with Crippen LogP contribution >= 0.6 is 23.8 Å². The van der Waals surface area contributed by atoms with Gasteiger partial charge < -0.3 is 15.2 Å². The molecule has 0 bridgehead atoms. The average Bonchev–Trinajstić information content (AvgIpc) is 2.41. The van der Waals surface area contributed by atoms with Crippen LogP contribution in [0.15, 0.2) is 18.2 Å². The summed E-state index contributed by atoms with van der Waals surface area (Å²) in [5.41, 5.74) is 6.29. The van der Waals surface area contributed by atoms with Gasteiger partial charge in [0.05, 0.1) is 18.2 Å². The molecule has 0 saturated carbocycles. The quantitative estimate of drug-likeness (QED) is 0.839. The Morgan fingerprint density at radius 1 is 1.42 bits per heavy atom. The van der Waals surface area contributed by atoms with Gasteiger partial charge in [0.1, 0.15) is 17.3 Å². The number of thiocarbonyl (C=S) groups is 1. The molecule has 0 spiro atoms. The summed E-state index contributed by atoms with van der Waals surface area (Å²) in [6, 6.07) is 5.35. The molecule has 1 saturated heterocycles. The van der Waals surface area contributed by atoms with Crippen LogP contribution in [0.1, 0.15) is 5.56 Å². The molecular weight excluding hydrogens is 284 g/mol. The van der Waals surface area contributed by atoms with Gasteiger partial charge in [0.15, 0.2) is 0 Å². The van der Waals surface area contributed by atoms with E-state index in [0.29, 0.717) is 22.4 Å². The third-order valence-corrected chi connectivity index (χ3v) is 3.52. The van der Waals surface area contributed by atoms with Crippen molar-refractivity contribution in [2.45, 2.75) is 0 Å². The van der Waals surface area contributed by atoms with Crippen molar-refractivity contribution in [3.63, 3.8) is 0 Å². The number of ether oxygens (including phenoxy) is 2. The molecule has 0 atom stereocenters. The number of benzene rings is 1. The van der Waals surface area contributed by atoms with E-state index in [-0.39, 0.29) is 0 Å². The molecule has 0 amide bonds. The van der Waals surface area contributed by atoms with E-state index in [9.17, 15) is 0 Å². The fourth-order valence-electron chi connectivity index (χ4n) is 1.88. The predicted molar refractivity (Wildman–Crippen MR) is 80.1 cm³/mol. The fourth-order valence-corrected chi connectivity index (χ4v) is 2.24. The van der Waals surface area contributed by atoms with Gasteiger partial charge in [0, 0.05) is 25.2 Å². The molecule has 1 aromatic carbocycles. The molecule has 1 fully saturated rings. The highest BCUT2D eigenvalue weighted by Crippen LogP contribution is 2.25. The van der Waals surface area contributed by atoms with E-state index in [0.717, 1.165) is 38.4 Å². The third-order valence-electron chi connectivity index (χ3n) is 2.99. The summed E-state index contributed by atoms with van der Waals surface area (Å²) in [5.74, 6) is 0.662. The summed E-state index contributed by atoms with van der Waals surface area (Å²) in [4.78, 5) is 2.64. The van der Waals surface area contributed by atoms with Crippen molar-refractivity contribution in [1.82, 2.24) is 4.90 Å². The molecule has 1 aliphatic rings. The molecule has 19 heavy (non-hydrogen) atoms. The lowest BCUT2D eigenvalue weighted by Crippen LogP contribution is -2.38. The summed E-state index contributed by atoms with van der Waals surface area (Å²) in [6.07, 6.45) is 0. The highest BCUT2D eigenvalue weighted by molar-refractivity contribution is 7.80. The second-order valence-electron chi connectivity index (χ2n) is 4.31. The molecule has 0 aromatic heterocycles. The summed E-state index contributed by atoms with van der Waals surface area (Å²) < 4.78 is 11.0. The van der Waals surface area contributed by atoms with Gasteiger partial charge in [-0.25, -0.2) is 0 Å². The number of nitrogens with two attached hydrogens (primary N) is 1. The van der Waals surface area contributed by atoms with Crippen LogP contribution in [-0.4, -0.2) is 49.3 Å². The van der Waals surface area contributed by atoms with Gasteiger partial charge in [0.25, 0.3) is 0 Å². The Morgan fingerprint density at radius 3 is 2.79 bits per heavy atom. The van der Waals surface area contributed by atoms with E-state index in [2.05, 4.69) is 4.90 Å². The maximum absolute atomic E-state index is 6.12. The van der Waals surface area contributed by atoms with E-state index in [1.165, 1.54) is 0 Å². The Kier molecular flexibility index (Phi) is 5.39. The molecule has 2 rings (SSSR count). The minimum atomic E-state index is 0.335. The molecule has 4 nitrogen and oxygen atoms in total. The SMILES string of the molecule is NC(=S)c1ccc(OCCN2CCOCC2)c(Cl)c1. The van der Waals surface area contributed by atoms with Gasteiger partial charge in [0.2, 0.25) is 0 Å². The third kappa shape index (κ3) is 4.31. The van der Waals surface area contributed by atoms with E-state index < -0.39 is 0 Å². The molecule has 0 unspecified atom stereocenters. The largest absolute Gasteiger partial charge is 0.491 e. The number of hydrogen-bond acceptors (Lipinski definition) is 4. The van der Waals surface area contributed by atoms with Crippen molar-refractivity contribution in [3.8, 4) is 5.75 Å². The standard InChI is InChI=1S/C13H17ClN2O2S/c14-11-9-10(13(15)19)1-2-12(11)18-8-5-16-3-6-17-7-4-16/h1-2,9H,3-8H2,(H2,15,19). The lowest BCUT2D eigenvalue weighted by atomic mass is 10.2. The predicted octanol–water partition coefficient (Wildman–Crippen LogP) is 1.69. The van der Waals surface area contributed by atoms with E-state index in [1.54, 1.807) is 12.1 Å². The van der Waals surface area contributed by atoms with Crippen molar-refractivity contribution < 1.29 is 9.47 Å². The number of halogens is 1. The first-order valence-corrected chi connectivity index (χ1v) is 6.97. The van der Waals surface area contributed by atoms with Crippen LogP contribution in [0.3, 0.4) is 0 Å². The highest BCUT2D eigenvalue weighted by atomic mass is 35.5. The van der Waals surface area contributed by atoms with Crippen molar-refractivity contribution in [3.05, 3.63) is 28.8 Å². The number of nitrogens with zero attached hydrogens (tertiary/aromatic N) is 1. The first-order valence-electron chi connectivity index (χ1n) is 6.19. The minimum absolute atomic E-state index is 0.335. The molecule has 0 radical (unpaired) electrons. The topological polar surface area (TPSA) is 47.7 Å². The average molecular weight is 301 g/mol. The van der Waals surface area contributed by atoms with Crippen molar-refractivity contribution >= 4 is 28.8 Å². The molecule has 1 heterocycles. The Hall–Kier alpha value is -0.880. The summed E-state index contributed by atoms with van der Waals surface area (Å²) >= 11 is 11.0. The van der Waals surface area contributed by atoms with E-state index >= 15 is 0 Å². The highest BCUT2D eigenvalue weighted by Gasteiger charge is 2.10. The minimum Gasteiger partial charge on any atom is -0.491 e. The maximum Gasteiger partial charge on any atom is 0.137 e. The van der Waals surface area contributed by atoms with Gasteiger partial charge in [-0.15, -0.1) is 0 Å². The number of morpholine rings is 1. The van der Waals surface area contributed by atoms with Gasteiger partial charge in [-0.3, -0.25) is 4.90 Å². The first kappa shape index (κ1) is 14.5. The Bertz CT molecular complexity index is 450. The van der Waals surface area contributed by atoms with Crippen molar-refractivity contribution in [2.24, 2.45) is 5.73 Å². The van der Waals surface area contributed by atoms with Gasteiger partial charge in [-0.2, -0.15) is 0 Å². The lowest BCUT2D eigenvalue weighted by Gasteiger charge is -2.26. The maximum atomic E-state index is 6.12. The van der Waals surface area contributed by atoms with Crippen LogP contribution in [-0.2, 0) is 4.74 Å². The second-order valence-corrected chi connectivity index (χ2v) is 5.16. The summed E-state index contributed by atoms with van der Waals surface area (Å²) in [5, 5.41) is 0.535. The monoisotopic (exact) mass is 300 g/mol. The van der Waals surface area contributed by atoms with E-state index in [4.69, 9.17) is 39.0 Å². The van der Waals surface area contributed by atoms with E-state index in [1.807, 2.05) is 6.07 Å². The van der Waals surface area contributed by atoms with Crippen molar-refractivity contribution in [1.29, 1.82) is 0 Å². The Balaban J connectivity index is 1.83. The zero-order valence-corrected chi connectivity index (χ0v) is 12.2. The molecular formula is C13H17ClN2O2S. The van der Waals surface area contributed by atoms with Crippen LogP contribution in [0.2, 0.25) is 5.02 Å². The molecule has 6 heteroatoms. The first-order chi connectivity index (χ1) is 9.16. The van der Waals surface area contributed by atoms with Crippen LogP contribution in [0.5, 0.6) is 5.75 Å². The molecule has 1 aromatic rings. The summed E-state index contributed by atoms with van der Waals surface area (Å²) in [7, 11) is 0. The smallest absolute Gasteiger partial charge is 0.137 e. The van der Waals surface area contributed by atoms with Crippen molar-refractivity contribution in [2.75, 3.05) is 39.5 Å². The summed E-state index contributed by atoms with van der Waals surface area (Å²) in [6.45, 7) is 4.98. The van der Waals surface area contributed by atoms with Crippen LogP contribution in [0, 0.1) is 0 Å². The molecule has 1 aliphatic heterocycles. The Morgan fingerprint density at radius 2 is 2.16 bits per heavy atom. The van der Waals surface area contributed by atoms with Gasteiger partial charge in [-0.05, 0) is 18.2 Å². The number of rotatable bonds is 5. The molecule has 2 N–H and O–H groups in total. The number of hydrogen-bond donors (Lipinski definition) is 1. The van der Waals surface area contributed by atoms with Gasteiger partial charge >= 0.3 is 0 Å². The van der Waals surface area contributed by atoms with Crippen LogP contribution < -0.4 is 10.5 Å².